The van der Waals surface area contributed by atoms with E-state index in [9.17, 15) is 4.79 Å². The van der Waals surface area contributed by atoms with Crippen LogP contribution in [-0.4, -0.2) is 36.5 Å². The van der Waals surface area contributed by atoms with E-state index < -0.39 is 0 Å². The Bertz CT molecular complexity index is 544. The van der Waals surface area contributed by atoms with Gasteiger partial charge in [0.1, 0.15) is 17.4 Å². The molecule has 108 valence electrons. The molecule has 6 nitrogen and oxygen atoms in total. The average molecular weight is 276 g/mol. The third-order valence-corrected chi connectivity index (χ3v) is 3.66. The Labute approximate surface area is 118 Å². The molecule has 0 aliphatic carbocycles. The second-order valence-corrected chi connectivity index (χ2v) is 5.28. The van der Waals surface area contributed by atoms with Crippen LogP contribution in [0.3, 0.4) is 0 Å². The van der Waals surface area contributed by atoms with Crippen molar-refractivity contribution in [1.82, 2.24) is 4.90 Å². The van der Waals surface area contributed by atoms with Crippen LogP contribution in [0.1, 0.15) is 29.7 Å². The molecule has 0 spiro atoms. The van der Waals surface area contributed by atoms with Crippen LogP contribution in [0.5, 0.6) is 0 Å². The first-order chi connectivity index (χ1) is 9.51. The number of nitrogens with two attached hydrogens (primary N) is 1. The first kappa shape index (κ1) is 14.6. The zero-order chi connectivity index (χ0) is 14.7. The molecular weight excluding hydrogens is 256 g/mol. The van der Waals surface area contributed by atoms with Crippen LogP contribution in [-0.2, 0) is 4.79 Å². The summed E-state index contributed by atoms with van der Waals surface area (Å²) in [5, 5.41) is 11.8. The van der Waals surface area contributed by atoms with Gasteiger partial charge in [0, 0.05) is 18.2 Å². The maximum absolute atomic E-state index is 12.0. The van der Waals surface area contributed by atoms with Crippen LogP contribution in [0.2, 0.25) is 0 Å². The van der Waals surface area contributed by atoms with E-state index in [0.717, 1.165) is 31.5 Å². The lowest BCUT2D eigenvalue weighted by Crippen LogP contribution is -2.45. The number of nitriles is 1. The number of likely N-dealkylation sites (tertiary alicyclic amines) is 1. The highest BCUT2D eigenvalue weighted by molar-refractivity contribution is 5.92. The minimum atomic E-state index is -0.177. The fourth-order valence-corrected chi connectivity index (χ4v) is 2.45. The second kappa shape index (κ2) is 6.07. The van der Waals surface area contributed by atoms with Gasteiger partial charge in [-0.1, -0.05) is 0 Å². The van der Waals surface area contributed by atoms with E-state index in [2.05, 4.69) is 11.4 Å². The minimum Gasteiger partial charge on any atom is -0.444 e. The molecule has 1 aliphatic heterocycles. The van der Waals surface area contributed by atoms with Crippen molar-refractivity contribution in [3.05, 3.63) is 16.9 Å². The molecule has 0 saturated carbocycles. The lowest BCUT2D eigenvalue weighted by Gasteiger charge is -2.29. The summed E-state index contributed by atoms with van der Waals surface area (Å²) in [4.78, 5) is 14.0. The van der Waals surface area contributed by atoms with Gasteiger partial charge in [-0.05, 0) is 33.2 Å². The Morgan fingerprint density at radius 3 is 3.00 bits per heavy atom. The fourth-order valence-electron chi connectivity index (χ4n) is 2.45. The highest BCUT2D eigenvalue weighted by Crippen LogP contribution is 2.25. The van der Waals surface area contributed by atoms with Gasteiger partial charge in [0.25, 0.3) is 0 Å². The lowest BCUT2D eigenvalue weighted by atomic mass is 10.1. The molecular formula is C14H20N4O2. The Kier molecular flexibility index (Phi) is 4.42. The maximum atomic E-state index is 12.0. The van der Waals surface area contributed by atoms with Crippen LogP contribution in [0.15, 0.2) is 4.42 Å². The van der Waals surface area contributed by atoms with Crippen LogP contribution in [0.25, 0.3) is 0 Å². The van der Waals surface area contributed by atoms with Crippen LogP contribution in [0, 0.1) is 25.2 Å². The number of piperidine rings is 1. The molecule has 6 heteroatoms. The molecule has 1 fully saturated rings. The lowest BCUT2D eigenvalue weighted by molar-refractivity contribution is -0.117. The molecule has 20 heavy (non-hydrogen) atoms. The number of rotatable bonds is 3. The van der Waals surface area contributed by atoms with Crippen molar-refractivity contribution in [2.75, 3.05) is 25.0 Å². The molecule has 1 atom stereocenters. The first-order valence-corrected chi connectivity index (χ1v) is 6.79. The van der Waals surface area contributed by atoms with Crippen LogP contribution < -0.4 is 11.1 Å². The summed E-state index contributed by atoms with van der Waals surface area (Å²) in [6, 6.07) is 2.20. The first-order valence-electron chi connectivity index (χ1n) is 6.79. The summed E-state index contributed by atoms with van der Waals surface area (Å²) >= 11 is 0. The predicted octanol–water partition coefficient (Wildman–Crippen LogP) is 1.13. The third kappa shape index (κ3) is 3.18. The standard InChI is InChI=1S/C14H20N4O2/c1-9-10(2)20-14(12(9)6-15)17-13(19)8-18-5-3-4-11(16)7-18/h11H,3-5,7-8,16H2,1-2H3,(H,17,19). The molecule has 2 heterocycles. The van der Waals surface area contributed by atoms with Crippen LogP contribution in [0.4, 0.5) is 5.88 Å². The SMILES string of the molecule is Cc1oc(NC(=O)CN2CCCC(N)C2)c(C#N)c1C. The van der Waals surface area contributed by atoms with Gasteiger partial charge >= 0.3 is 0 Å². The second-order valence-electron chi connectivity index (χ2n) is 5.28. The van der Waals surface area contributed by atoms with Crippen molar-refractivity contribution in [2.24, 2.45) is 5.73 Å². The molecule has 1 aromatic heterocycles. The van der Waals surface area contributed by atoms with Crippen molar-refractivity contribution in [3.63, 3.8) is 0 Å². The largest absolute Gasteiger partial charge is 0.444 e. The molecule has 1 amide bonds. The Hall–Kier alpha value is -1.84. The smallest absolute Gasteiger partial charge is 0.240 e. The number of aryl methyl sites for hydroxylation is 1. The predicted molar refractivity (Wildman–Crippen MR) is 75.2 cm³/mol. The van der Waals surface area contributed by atoms with Gasteiger partial charge < -0.3 is 10.2 Å². The third-order valence-electron chi connectivity index (χ3n) is 3.66. The van der Waals surface area contributed by atoms with Gasteiger partial charge in [0.2, 0.25) is 11.8 Å². The number of hydrogen-bond acceptors (Lipinski definition) is 5. The number of carbonyl (C=O) groups excluding carboxylic acids is 1. The van der Waals surface area contributed by atoms with E-state index in [4.69, 9.17) is 15.4 Å². The summed E-state index contributed by atoms with van der Waals surface area (Å²) in [5.41, 5.74) is 7.05. The zero-order valence-corrected chi connectivity index (χ0v) is 11.9. The van der Waals surface area contributed by atoms with Crippen molar-refractivity contribution < 1.29 is 9.21 Å². The maximum Gasteiger partial charge on any atom is 0.240 e. The van der Waals surface area contributed by atoms with E-state index in [1.54, 1.807) is 13.8 Å². The van der Waals surface area contributed by atoms with Gasteiger partial charge in [-0.25, -0.2) is 0 Å². The monoisotopic (exact) mass is 276 g/mol. The number of nitrogens with one attached hydrogen (secondary N) is 1. The van der Waals surface area contributed by atoms with Gasteiger partial charge in [0.05, 0.1) is 6.54 Å². The highest BCUT2D eigenvalue weighted by Gasteiger charge is 2.21. The fraction of sp³-hybridized carbons (Fsp3) is 0.571. The van der Waals surface area contributed by atoms with Gasteiger partial charge in [-0.3, -0.25) is 15.0 Å². The molecule has 0 bridgehead atoms. The molecule has 0 aromatic carbocycles. The summed E-state index contributed by atoms with van der Waals surface area (Å²) in [6.45, 7) is 5.46. The Morgan fingerprint density at radius 1 is 1.60 bits per heavy atom. The molecule has 1 aromatic rings. The molecule has 1 aliphatic rings. The number of furan rings is 1. The number of hydrogen-bond donors (Lipinski definition) is 2. The zero-order valence-electron chi connectivity index (χ0n) is 11.9. The van der Waals surface area contributed by atoms with E-state index in [1.807, 2.05) is 4.90 Å². The number of anilines is 1. The Morgan fingerprint density at radius 2 is 2.35 bits per heavy atom. The molecule has 1 unspecified atom stereocenters. The van der Waals surface area contributed by atoms with Crippen molar-refractivity contribution in [3.8, 4) is 6.07 Å². The van der Waals surface area contributed by atoms with E-state index in [-0.39, 0.29) is 24.4 Å². The van der Waals surface area contributed by atoms with Crippen molar-refractivity contribution in [1.29, 1.82) is 5.26 Å². The molecule has 1 saturated heterocycles. The quantitative estimate of drug-likeness (QED) is 0.862. The van der Waals surface area contributed by atoms with Gasteiger partial charge in [0.15, 0.2) is 0 Å². The summed E-state index contributed by atoms with van der Waals surface area (Å²) in [5.74, 6) is 0.718. The van der Waals surface area contributed by atoms with E-state index in [1.165, 1.54) is 0 Å². The van der Waals surface area contributed by atoms with Crippen LogP contribution >= 0.6 is 0 Å². The normalized spacial score (nSPS) is 19.6. The topological polar surface area (TPSA) is 95.3 Å². The number of amides is 1. The Balaban J connectivity index is 1.98. The average Bonchev–Trinajstić information content (AvgIpc) is 2.64. The molecule has 2 rings (SSSR count). The number of nitrogens with zero attached hydrogens (tertiary/aromatic N) is 2. The minimum absolute atomic E-state index is 0.138. The van der Waals surface area contributed by atoms with E-state index in [0.29, 0.717) is 11.3 Å². The highest BCUT2D eigenvalue weighted by atomic mass is 16.4. The van der Waals surface area contributed by atoms with Gasteiger partial charge in [-0.2, -0.15) is 5.26 Å². The summed E-state index contributed by atoms with van der Waals surface area (Å²) in [6.07, 6.45) is 2.02. The molecule has 0 radical (unpaired) electrons. The summed E-state index contributed by atoms with van der Waals surface area (Å²) < 4.78 is 5.42. The van der Waals surface area contributed by atoms with Crippen molar-refractivity contribution in [2.45, 2.75) is 32.7 Å². The number of carbonyl (C=O) groups is 1. The van der Waals surface area contributed by atoms with Gasteiger partial charge in [-0.15, -0.1) is 0 Å². The van der Waals surface area contributed by atoms with E-state index >= 15 is 0 Å². The van der Waals surface area contributed by atoms with Crippen molar-refractivity contribution >= 4 is 11.8 Å². The summed E-state index contributed by atoms with van der Waals surface area (Å²) in [7, 11) is 0. The molecule has 3 N–H and O–H groups in total.